The van der Waals surface area contributed by atoms with Crippen LogP contribution in [-0.4, -0.2) is 11.8 Å². The van der Waals surface area contributed by atoms with Crippen LogP contribution in [0.15, 0.2) is 23.3 Å². The highest BCUT2D eigenvalue weighted by Gasteiger charge is 2.40. The van der Waals surface area contributed by atoms with Crippen molar-refractivity contribution >= 4 is 11.8 Å². The maximum absolute atomic E-state index is 11.8. The van der Waals surface area contributed by atoms with E-state index in [4.69, 9.17) is 5.90 Å². The first-order valence-corrected chi connectivity index (χ1v) is 6.73. The molecule has 0 aromatic carbocycles. The average molecular weight is 263 g/mol. The lowest BCUT2D eigenvalue weighted by Gasteiger charge is -2.42. The van der Waals surface area contributed by atoms with Gasteiger partial charge in [0.2, 0.25) is 0 Å². The van der Waals surface area contributed by atoms with E-state index in [0.717, 1.165) is 24.8 Å². The molecular weight excluding hydrogens is 242 g/mol. The maximum atomic E-state index is 11.8. The van der Waals surface area contributed by atoms with E-state index in [1.54, 1.807) is 6.08 Å². The van der Waals surface area contributed by atoms with Crippen LogP contribution in [-0.2, 0) is 14.4 Å². The van der Waals surface area contributed by atoms with Crippen LogP contribution in [0, 0.1) is 17.3 Å². The maximum Gasteiger partial charge on any atom is 0.327 e. The quantitative estimate of drug-likeness (QED) is 0.776. The van der Waals surface area contributed by atoms with Crippen LogP contribution < -0.4 is 5.90 Å². The zero-order valence-electron chi connectivity index (χ0n) is 11.7. The molecule has 4 heteroatoms. The highest BCUT2D eigenvalue weighted by atomic mass is 16.7. The van der Waals surface area contributed by atoms with Crippen molar-refractivity contribution in [3.63, 3.8) is 0 Å². The van der Waals surface area contributed by atoms with Gasteiger partial charge in [-0.25, -0.2) is 0 Å². The van der Waals surface area contributed by atoms with Crippen molar-refractivity contribution in [2.75, 3.05) is 0 Å². The van der Waals surface area contributed by atoms with Gasteiger partial charge in [-0.05, 0) is 43.8 Å². The van der Waals surface area contributed by atoms with Gasteiger partial charge in [0, 0.05) is 5.41 Å². The number of ketones is 1. The largest absolute Gasteiger partial charge is 0.373 e. The van der Waals surface area contributed by atoms with Gasteiger partial charge in [0.05, 0.1) is 5.92 Å². The van der Waals surface area contributed by atoms with Crippen LogP contribution in [0.4, 0.5) is 0 Å². The van der Waals surface area contributed by atoms with Crippen molar-refractivity contribution in [1.29, 1.82) is 0 Å². The van der Waals surface area contributed by atoms with Crippen molar-refractivity contribution in [1.82, 2.24) is 0 Å². The van der Waals surface area contributed by atoms with Gasteiger partial charge in [-0.3, -0.25) is 9.59 Å². The fourth-order valence-electron chi connectivity index (χ4n) is 3.26. The predicted molar refractivity (Wildman–Crippen MR) is 71.7 cm³/mol. The number of fused-ring (bicyclic) bond motifs is 1. The second-order valence-electron chi connectivity index (χ2n) is 5.95. The molecule has 0 saturated heterocycles. The highest BCUT2D eigenvalue weighted by Crippen LogP contribution is 2.49. The van der Waals surface area contributed by atoms with E-state index < -0.39 is 0 Å². The number of rotatable bonds is 2. The van der Waals surface area contributed by atoms with Gasteiger partial charge in [-0.15, -0.1) is 0 Å². The molecule has 0 spiro atoms. The molecule has 0 amide bonds. The highest BCUT2D eigenvalue weighted by molar-refractivity contribution is 6.05. The van der Waals surface area contributed by atoms with E-state index >= 15 is 0 Å². The van der Waals surface area contributed by atoms with Gasteiger partial charge in [0.1, 0.15) is 0 Å². The Bertz CT molecular complexity index is 478. The van der Waals surface area contributed by atoms with Crippen LogP contribution in [0.2, 0.25) is 0 Å². The third kappa shape index (κ3) is 2.37. The summed E-state index contributed by atoms with van der Waals surface area (Å²) in [5.74, 6) is 4.65. The Balaban J connectivity index is 2.24. The molecule has 4 nitrogen and oxygen atoms in total. The molecule has 0 bridgehead atoms. The van der Waals surface area contributed by atoms with Crippen LogP contribution in [0.25, 0.3) is 0 Å². The topological polar surface area (TPSA) is 69.4 Å². The molecule has 0 unspecified atom stereocenters. The summed E-state index contributed by atoms with van der Waals surface area (Å²) in [6.45, 7) is 5.89. The lowest BCUT2D eigenvalue weighted by Crippen LogP contribution is -2.35. The Kier molecular flexibility index (Phi) is 3.63. The number of carbonyl (C=O) groups excluding carboxylic acids is 2. The lowest BCUT2D eigenvalue weighted by molar-refractivity contribution is -0.150. The molecule has 0 heterocycles. The first kappa shape index (κ1) is 14.0. The minimum atomic E-state index is -0.371. The Hall–Kier alpha value is -1.42. The SMILES string of the molecule is CC1=C2C[C@H]([C@H](C)C(=O)ON)CC[C@@]2(C)C=CC1=O. The second-order valence-corrected chi connectivity index (χ2v) is 5.95. The summed E-state index contributed by atoms with van der Waals surface area (Å²) in [4.78, 5) is 27.7. The standard InChI is InChI=1S/C15H21NO3/c1-9(14(18)19-16)11-4-6-15(3)7-5-13(17)10(2)12(15)8-11/h5,7,9,11H,4,6,8,16H2,1-3H3/t9-,11+,15-/m0/s1. The minimum Gasteiger partial charge on any atom is -0.373 e. The van der Waals surface area contributed by atoms with Crippen LogP contribution >= 0.6 is 0 Å². The number of hydrogen-bond donors (Lipinski definition) is 1. The van der Waals surface area contributed by atoms with Gasteiger partial charge >= 0.3 is 5.97 Å². The first-order chi connectivity index (χ1) is 8.89. The summed E-state index contributed by atoms with van der Waals surface area (Å²) in [6.07, 6.45) is 6.36. The molecule has 2 aliphatic rings. The monoisotopic (exact) mass is 263 g/mol. The van der Waals surface area contributed by atoms with E-state index in [9.17, 15) is 9.59 Å². The Labute approximate surface area is 113 Å². The van der Waals surface area contributed by atoms with E-state index in [1.807, 2.05) is 19.9 Å². The van der Waals surface area contributed by atoms with Gasteiger partial charge < -0.3 is 4.84 Å². The molecule has 3 atom stereocenters. The molecule has 1 fully saturated rings. The summed E-state index contributed by atoms with van der Waals surface area (Å²) >= 11 is 0. The molecule has 2 rings (SSSR count). The molecule has 0 aliphatic heterocycles. The zero-order valence-corrected chi connectivity index (χ0v) is 11.7. The normalized spacial score (nSPS) is 32.0. The molecule has 1 saturated carbocycles. The van der Waals surface area contributed by atoms with Gasteiger partial charge in [0.25, 0.3) is 0 Å². The van der Waals surface area contributed by atoms with E-state index in [2.05, 4.69) is 11.8 Å². The molecule has 0 aromatic heterocycles. The van der Waals surface area contributed by atoms with Crippen molar-refractivity contribution < 1.29 is 14.4 Å². The molecule has 19 heavy (non-hydrogen) atoms. The average Bonchev–Trinajstić information content (AvgIpc) is 2.41. The van der Waals surface area contributed by atoms with Crippen molar-refractivity contribution in [3.05, 3.63) is 23.3 Å². The van der Waals surface area contributed by atoms with Crippen LogP contribution in [0.1, 0.15) is 40.0 Å². The minimum absolute atomic E-state index is 0.0270. The van der Waals surface area contributed by atoms with E-state index in [0.29, 0.717) is 0 Å². The number of hydrogen-bond acceptors (Lipinski definition) is 4. The molecule has 2 N–H and O–H groups in total. The third-order valence-corrected chi connectivity index (χ3v) is 4.81. The van der Waals surface area contributed by atoms with E-state index in [-0.39, 0.29) is 29.0 Å². The fraction of sp³-hybridized carbons (Fsp3) is 0.600. The lowest BCUT2D eigenvalue weighted by atomic mass is 9.62. The fourth-order valence-corrected chi connectivity index (χ4v) is 3.26. The Morgan fingerprint density at radius 1 is 1.58 bits per heavy atom. The van der Waals surface area contributed by atoms with Gasteiger partial charge in [-0.1, -0.05) is 25.5 Å². The van der Waals surface area contributed by atoms with Crippen molar-refractivity contribution in [3.8, 4) is 0 Å². The smallest absolute Gasteiger partial charge is 0.327 e. The molecule has 104 valence electrons. The van der Waals surface area contributed by atoms with Crippen molar-refractivity contribution in [2.24, 2.45) is 23.1 Å². The van der Waals surface area contributed by atoms with E-state index in [1.165, 1.54) is 5.57 Å². The third-order valence-electron chi connectivity index (χ3n) is 4.81. The van der Waals surface area contributed by atoms with Crippen LogP contribution in [0.3, 0.4) is 0 Å². The summed E-state index contributed by atoms with van der Waals surface area (Å²) < 4.78 is 0. The molecular formula is C15H21NO3. The predicted octanol–water partition coefficient (Wildman–Crippen LogP) is 2.30. The second kappa shape index (κ2) is 4.93. The Morgan fingerprint density at radius 2 is 2.26 bits per heavy atom. The first-order valence-electron chi connectivity index (χ1n) is 6.73. The molecule has 0 aromatic rings. The summed E-state index contributed by atoms with van der Waals surface area (Å²) in [7, 11) is 0. The summed E-state index contributed by atoms with van der Waals surface area (Å²) in [5, 5.41) is 0. The summed E-state index contributed by atoms with van der Waals surface area (Å²) in [6, 6.07) is 0. The van der Waals surface area contributed by atoms with Crippen molar-refractivity contribution in [2.45, 2.75) is 40.0 Å². The number of carbonyl (C=O) groups is 2. The molecule has 0 radical (unpaired) electrons. The molecule has 2 aliphatic carbocycles. The van der Waals surface area contributed by atoms with Crippen LogP contribution in [0.5, 0.6) is 0 Å². The number of allylic oxidation sites excluding steroid dienone is 4. The van der Waals surface area contributed by atoms with Gasteiger partial charge in [-0.2, -0.15) is 5.90 Å². The Morgan fingerprint density at radius 3 is 2.89 bits per heavy atom. The van der Waals surface area contributed by atoms with Gasteiger partial charge in [0.15, 0.2) is 5.78 Å². The zero-order chi connectivity index (χ0) is 14.2. The summed E-state index contributed by atoms with van der Waals surface area (Å²) in [5.41, 5.74) is 1.98. The number of nitrogens with two attached hydrogens (primary N) is 1.